The summed E-state index contributed by atoms with van der Waals surface area (Å²) in [5, 5.41) is 6.01. The fraction of sp³-hybridized carbons (Fsp3) is 0.538. The summed E-state index contributed by atoms with van der Waals surface area (Å²) in [5.74, 6) is 0.771. The van der Waals surface area contributed by atoms with E-state index < -0.39 is 0 Å². The number of rotatable bonds is 4. The van der Waals surface area contributed by atoms with Crippen LogP contribution in [0, 0.1) is 6.92 Å². The largest absolute Gasteiger partial charge is 0.397 e. The van der Waals surface area contributed by atoms with Gasteiger partial charge in [-0.25, -0.2) is 4.98 Å². The van der Waals surface area contributed by atoms with Gasteiger partial charge in [0.25, 0.3) is 0 Å². The Morgan fingerprint density at radius 1 is 1.39 bits per heavy atom. The number of hydrogen-bond acceptors (Lipinski definition) is 4. The predicted molar refractivity (Wildman–Crippen MR) is 74.4 cm³/mol. The molecule has 0 radical (unpaired) electrons. The van der Waals surface area contributed by atoms with E-state index in [2.05, 4.69) is 15.6 Å². The summed E-state index contributed by atoms with van der Waals surface area (Å²) >= 11 is 0. The van der Waals surface area contributed by atoms with Crippen molar-refractivity contribution in [1.82, 2.24) is 10.3 Å². The third-order valence-corrected chi connectivity index (χ3v) is 2.30. The molecule has 0 spiro atoms. The van der Waals surface area contributed by atoms with E-state index >= 15 is 0 Å². The number of aryl methyl sites for hydroxylation is 1. The Morgan fingerprint density at radius 2 is 2.06 bits per heavy atom. The third-order valence-electron chi connectivity index (χ3n) is 2.30. The van der Waals surface area contributed by atoms with Gasteiger partial charge in [-0.2, -0.15) is 0 Å². The van der Waals surface area contributed by atoms with Gasteiger partial charge in [-0.1, -0.05) is 0 Å². The molecule has 1 aromatic rings. The van der Waals surface area contributed by atoms with Gasteiger partial charge in [-0.15, -0.1) is 0 Å². The van der Waals surface area contributed by atoms with E-state index in [9.17, 15) is 4.79 Å². The summed E-state index contributed by atoms with van der Waals surface area (Å²) < 4.78 is 0. The van der Waals surface area contributed by atoms with E-state index in [1.165, 1.54) is 0 Å². The van der Waals surface area contributed by atoms with Crippen molar-refractivity contribution in [2.45, 2.75) is 39.7 Å². The van der Waals surface area contributed by atoms with E-state index in [0.717, 1.165) is 11.5 Å². The van der Waals surface area contributed by atoms with Crippen LogP contribution in [0.5, 0.6) is 0 Å². The van der Waals surface area contributed by atoms with Crippen molar-refractivity contribution in [3.63, 3.8) is 0 Å². The summed E-state index contributed by atoms with van der Waals surface area (Å²) in [4.78, 5) is 15.9. The summed E-state index contributed by atoms with van der Waals surface area (Å²) in [6, 6.07) is 3.61. The highest BCUT2D eigenvalue weighted by molar-refractivity contribution is 5.77. The lowest BCUT2D eigenvalue weighted by Gasteiger charge is -2.20. The summed E-state index contributed by atoms with van der Waals surface area (Å²) in [5.41, 5.74) is 6.96. The standard InChI is InChI=1S/C13H22N4O/c1-9-10(14)5-6-11(16-9)15-8-7-12(18)17-13(2,3)4/h5-6H,7-8,14H2,1-4H3,(H,15,16)(H,17,18). The van der Waals surface area contributed by atoms with Gasteiger partial charge in [-0.3, -0.25) is 4.79 Å². The molecule has 0 bridgehead atoms. The number of carbonyl (C=O) groups is 1. The second-order valence-corrected chi connectivity index (χ2v) is 5.35. The molecule has 1 aromatic heterocycles. The molecule has 0 unspecified atom stereocenters. The average Bonchev–Trinajstić information content (AvgIpc) is 2.20. The van der Waals surface area contributed by atoms with Gasteiger partial charge in [0.2, 0.25) is 5.91 Å². The van der Waals surface area contributed by atoms with Crippen LogP contribution in [0.1, 0.15) is 32.9 Å². The van der Waals surface area contributed by atoms with Crippen LogP contribution < -0.4 is 16.4 Å². The molecule has 5 heteroatoms. The van der Waals surface area contributed by atoms with Crippen LogP contribution in [0.4, 0.5) is 11.5 Å². The number of carbonyl (C=O) groups excluding carboxylic acids is 1. The highest BCUT2D eigenvalue weighted by Gasteiger charge is 2.12. The van der Waals surface area contributed by atoms with Crippen molar-refractivity contribution in [3.05, 3.63) is 17.8 Å². The Bertz CT molecular complexity index is 423. The minimum Gasteiger partial charge on any atom is -0.397 e. The third kappa shape index (κ3) is 5.03. The number of pyridine rings is 1. The lowest BCUT2D eigenvalue weighted by Crippen LogP contribution is -2.41. The van der Waals surface area contributed by atoms with Crippen molar-refractivity contribution in [3.8, 4) is 0 Å². The van der Waals surface area contributed by atoms with Crippen LogP contribution in [0.3, 0.4) is 0 Å². The maximum absolute atomic E-state index is 11.6. The zero-order valence-corrected chi connectivity index (χ0v) is 11.5. The minimum absolute atomic E-state index is 0.0298. The second-order valence-electron chi connectivity index (χ2n) is 5.35. The molecule has 0 saturated heterocycles. The van der Waals surface area contributed by atoms with E-state index in [1.54, 1.807) is 6.07 Å². The molecular formula is C13H22N4O. The molecule has 0 aliphatic rings. The van der Waals surface area contributed by atoms with Gasteiger partial charge >= 0.3 is 0 Å². The molecule has 1 amide bonds. The van der Waals surface area contributed by atoms with Crippen LogP contribution >= 0.6 is 0 Å². The maximum atomic E-state index is 11.6. The van der Waals surface area contributed by atoms with E-state index in [-0.39, 0.29) is 11.4 Å². The molecule has 4 N–H and O–H groups in total. The minimum atomic E-state index is -0.187. The van der Waals surface area contributed by atoms with Crippen LogP contribution in [0.2, 0.25) is 0 Å². The zero-order chi connectivity index (χ0) is 13.8. The Kier molecular flexibility index (Phi) is 4.53. The summed E-state index contributed by atoms with van der Waals surface area (Å²) in [7, 11) is 0. The summed E-state index contributed by atoms with van der Waals surface area (Å²) in [6.45, 7) is 8.29. The van der Waals surface area contributed by atoms with Crippen molar-refractivity contribution in [2.75, 3.05) is 17.6 Å². The van der Waals surface area contributed by atoms with Crippen molar-refractivity contribution < 1.29 is 4.79 Å². The van der Waals surface area contributed by atoms with Crippen molar-refractivity contribution in [2.24, 2.45) is 0 Å². The smallest absolute Gasteiger partial charge is 0.222 e. The average molecular weight is 250 g/mol. The van der Waals surface area contributed by atoms with Crippen LogP contribution in [-0.2, 0) is 4.79 Å². The van der Waals surface area contributed by atoms with Gasteiger partial charge in [0, 0.05) is 18.5 Å². The van der Waals surface area contributed by atoms with E-state index in [4.69, 9.17) is 5.73 Å². The lowest BCUT2D eigenvalue weighted by molar-refractivity contribution is -0.122. The van der Waals surface area contributed by atoms with Gasteiger partial charge in [-0.05, 0) is 39.8 Å². The number of aromatic nitrogens is 1. The molecule has 18 heavy (non-hydrogen) atoms. The Balaban J connectivity index is 2.38. The monoisotopic (exact) mass is 250 g/mol. The maximum Gasteiger partial charge on any atom is 0.222 e. The molecule has 1 heterocycles. The fourth-order valence-electron chi connectivity index (χ4n) is 1.46. The number of nitrogens with zero attached hydrogens (tertiary/aromatic N) is 1. The van der Waals surface area contributed by atoms with Gasteiger partial charge in [0.05, 0.1) is 11.4 Å². The van der Waals surface area contributed by atoms with Crippen LogP contribution in [-0.4, -0.2) is 23.0 Å². The number of anilines is 2. The normalized spacial score (nSPS) is 11.1. The number of nitrogens with one attached hydrogen (secondary N) is 2. The Hall–Kier alpha value is -1.78. The van der Waals surface area contributed by atoms with Crippen molar-refractivity contribution in [1.29, 1.82) is 0 Å². The molecule has 0 aliphatic carbocycles. The number of nitrogens with two attached hydrogens (primary N) is 1. The first-order valence-corrected chi connectivity index (χ1v) is 6.06. The first-order chi connectivity index (χ1) is 8.28. The topological polar surface area (TPSA) is 80.0 Å². The quantitative estimate of drug-likeness (QED) is 0.759. The number of nitrogen functional groups attached to an aromatic ring is 1. The molecule has 0 saturated carbocycles. The molecular weight excluding hydrogens is 228 g/mol. The Morgan fingerprint density at radius 3 is 2.61 bits per heavy atom. The second kappa shape index (κ2) is 5.71. The number of amides is 1. The molecule has 1 rings (SSSR count). The molecule has 0 fully saturated rings. The first-order valence-electron chi connectivity index (χ1n) is 6.06. The fourth-order valence-corrected chi connectivity index (χ4v) is 1.46. The van der Waals surface area contributed by atoms with Gasteiger partial charge < -0.3 is 16.4 Å². The lowest BCUT2D eigenvalue weighted by atomic mass is 10.1. The van der Waals surface area contributed by atoms with Crippen LogP contribution in [0.25, 0.3) is 0 Å². The molecule has 0 atom stereocenters. The molecule has 0 aliphatic heterocycles. The van der Waals surface area contributed by atoms with Gasteiger partial charge in [0.15, 0.2) is 0 Å². The number of hydrogen-bond donors (Lipinski definition) is 3. The first kappa shape index (κ1) is 14.3. The predicted octanol–water partition coefficient (Wildman–Crippen LogP) is 1.69. The highest BCUT2D eigenvalue weighted by atomic mass is 16.1. The molecule has 100 valence electrons. The van der Waals surface area contributed by atoms with Crippen LogP contribution in [0.15, 0.2) is 12.1 Å². The zero-order valence-electron chi connectivity index (χ0n) is 11.5. The van der Waals surface area contributed by atoms with Gasteiger partial charge in [0.1, 0.15) is 5.82 Å². The van der Waals surface area contributed by atoms with E-state index in [0.29, 0.717) is 18.7 Å². The Labute approximate surface area is 108 Å². The SMILES string of the molecule is Cc1nc(NCCC(=O)NC(C)(C)C)ccc1N. The van der Waals surface area contributed by atoms with E-state index in [1.807, 2.05) is 33.8 Å². The summed E-state index contributed by atoms with van der Waals surface area (Å²) in [6.07, 6.45) is 0.419. The highest BCUT2D eigenvalue weighted by Crippen LogP contribution is 2.11. The molecule has 5 nitrogen and oxygen atoms in total. The van der Waals surface area contributed by atoms with Crippen molar-refractivity contribution >= 4 is 17.4 Å². The molecule has 0 aromatic carbocycles.